The maximum Gasteiger partial charge on any atom is 0.258 e. The number of unbranched alkanes of at least 4 members (excludes halogenated alkanes) is 1. The zero-order valence-electron chi connectivity index (χ0n) is 19.3. The second-order valence-corrected chi connectivity index (χ2v) is 8.18. The topological polar surface area (TPSA) is 72.7 Å². The molecule has 7 nitrogen and oxygen atoms in total. The summed E-state index contributed by atoms with van der Waals surface area (Å²) in [5.74, 6) is 2.31. The molecule has 1 aliphatic heterocycles. The van der Waals surface area contributed by atoms with Gasteiger partial charge < -0.3 is 24.2 Å². The molecule has 0 saturated heterocycles. The molecule has 2 aromatic carbocycles. The number of allylic oxidation sites excluding steroid dienone is 1. The van der Waals surface area contributed by atoms with Crippen molar-refractivity contribution in [2.75, 3.05) is 20.8 Å². The first-order valence-corrected chi connectivity index (χ1v) is 11.4. The molecule has 0 fully saturated rings. The van der Waals surface area contributed by atoms with Gasteiger partial charge in [-0.3, -0.25) is 0 Å². The Balaban J connectivity index is 1.81. The minimum Gasteiger partial charge on any atom is -0.493 e. The van der Waals surface area contributed by atoms with E-state index in [1.165, 1.54) is 0 Å². The van der Waals surface area contributed by atoms with Crippen LogP contribution in [0.25, 0.3) is 17.0 Å². The summed E-state index contributed by atoms with van der Waals surface area (Å²) >= 11 is 5.75. The van der Waals surface area contributed by atoms with E-state index in [0.29, 0.717) is 28.3 Å². The molecule has 0 aliphatic carbocycles. The van der Waals surface area contributed by atoms with Crippen LogP contribution in [0.3, 0.4) is 0 Å². The van der Waals surface area contributed by atoms with E-state index in [1.807, 2.05) is 48.5 Å². The molecule has 172 valence electrons. The van der Waals surface area contributed by atoms with Crippen LogP contribution in [0.5, 0.6) is 11.5 Å². The fraction of sp³-hybridized carbons (Fsp3) is 0.320. The van der Waals surface area contributed by atoms with Gasteiger partial charge in [0.25, 0.3) is 5.89 Å². The number of hydrogen-bond acceptors (Lipinski definition) is 6. The fourth-order valence-electron chi connectivity index (χ4n) is 3.96. The number of rotatable bonds is 8. The highest BCUT2D eigenvalue weighted by Crippen LogP contribution is 2.40. The first-order valence-electron chi connectivity index (χ1n) is 11.0. The Morgan fingerprint density at radius 2 is 1.85 bits per heavy atom. The van der Waals surface area contributed by atoms with E-state index >= 15 is 0 Å². The normalized spacial score (nSPS) is 16.1. The van der Waals surface area contributed by atoms with Gasteiger partial charge in [0.05, 0.1) is 25.8 Å². The Labute approximate surface area is 199 Å². The lowest BCUT2D eigenvalue weighted by Crippen LogP contribution is -2.46. The number of benzene rings is 2. The second-order valence-electron chi connectivity index (χ2n) is 7.79. The fourth-order valence-corrected chi connectivity index (χ4v) is 4.31. The molecule has 1 N–H and O–H groups in total. The summed E-state index contributed by atoms with van der Waals surface area (Å²) in [5.41, 5.74) is 3.74. The number of thiocarbonyl (C=S) groups is 1. The number of methoxy groups -OCH3 is 2. The van der Waals surface area contributed by atoms with Gasteiger partial charge in [-0.25, -0.2) is 0 Å². The van der Waals surface area contributed by atoms with E-state index in [-0.39, 0.29) is 6.04 Å². The molecule has 33 heavy (non-hydrogen) atoms. The lowest BCUT2D eigenvalue weighted by molar-refractivity contribution is 0.354. The molecule has 0 amide bonds. The van der Waals surface area contributed by atoms with Gasteiger partial charge in [-0.05, 0) is 43.3 Å². The Bertz CT molecular complexity index is 1160. The highest BCUT2D eigenvalue weighted by atomic mass is 32.1. The van der Waals surface area contributed by atoms with Gasteiger partial charge in [0.1, 0.15) is 0 Å². The van der Waals surface area contributed by atoms with Crippen molar-refractivity contribution in [3.05, 3.63) is 65.7 Å². The molecule has 8 heteroatoms. The summed E-state index contributed by atoms with van der Waals surface area (Å²) in [6.07, 6.45) is 2.09. The Morgan fingerprint density at radius 1 is 1.09 bits per heavy atom. The van der Waals surface area contributed by atoms with Gasteiger partial charge in [-0.15, -0.1) is 0 Å². The van der Waals surface area contributed by atoms with E-state index < -0.39 is 0 Å². The van der Waals surface area contributed by atoms with Crippen LogP contribution >= 0.6 is 12.2 Å². The van der Waals surface area contributed by atoms with Crippen molar-refractivity contribution in [2.24, 2.45) is 0 Å². The van der Waals surface area contributed by atoms with Crippen molar-refractivity contribution >= 4 is 22.9 Å². The van der Waals surface area contributed by atoms with Crippen LogP contribution in [-0.4, -0.2) is 40.9 Å². The van der Waals surface area contributed by atoms with Crippen LogP contribution in [0.15, 0.2) is 58.8 Å². The van der Waals surface area contributed by atoms with Crippen molar-refractivity contribution in [1.29, 1.82) is 0 Å². The predicted octanol–water partition coefficient (Wildman–Crippen LogP) is 5.22. The molecule has 0 bridgehead atoms. The third-order valence-electron chi connectivity index (χ3n) is 5.76. The summed E-state index contributed by atoms with van der Waals surface area (Å²) < 4.78 is 16.7. The predicted molar refractivity (Wildman–Crippen MR) is 132 cm³/mol. The first-order chi connectivity index (χ1) is 16.1. The SMILES string of the molecule is CCCCN1C(=S)NC(c2ccc(OC)c(OC)c2)C(c2nc(-c3ccccc3)no2)=C1C. The Kier molecular flexibility index (Phi) is 6.93. The van der Waals surface area contributed by atoms with Crippen LogP contribution in [0.2, 0.25) is 0 Å². The Hall–Kier alpha value is -3.39. The molecule has 0 saturated carbocycles. The van der Waals surface area contributed by atoms with Gasteiger partial charge in [0.2, 0.25) is 5.82 Å². The van der Waals surface area contributed by atoms with Crippen LogP contribution < -0.4 is 14.8 Å². The molecule has 1 aliphatic rings. The molecular formula is C25H28N4O3S. The van der Waals surface area contributed by atoms with Crippen molar-refractivity contribution in [2.45, 2.75) is 32.7 Å². The van der Waals surface area contributed by atoms with Crippen LogP contribution in [0, 0.1) is 0 Å². The van der Waals surface area contributed by atoms with Crippen LogP contribution in [0.1, 0.15) is 44.2 Å². The molecule has 0 radical (unpaired) electrons. The number of aromatic nitrogens is 2. The quantitative estimate of drug-likeness (QED) is 0.455. The van der Waals surface area contributed by atoms with E-state index in [9.17, 15) is 0 Å². The smallest absolute Gasteiger partial charge is 0.258 e. The number of nitrogens with zero attached hydrogens (tertiary/aromatic N) is 3. The maximum absolute atomic E-state index is 5.79. The van der Waals surface area contributed by atoms with E-state index in [2.05, 4.69) is 29.2 Å². The lowest BCUT2D eigenvalue weighted by atomic mass is 9.94. The van der Waals surface area contributed by atoms with Crippen molar-refractivity contribution in [1.82, 2.24) is 20.4 Å². The number of hydrogen-bond donors (Lipinski definition) is 1. The average Bonchev–Trinajstić information content (AvgIpc) is 3.33. The molecule has 3 aromatic rings. The zero-order chi connectivity index (χ0) is 23.4. The van der Waals surface area contributed by atoms with Crippen molar-refractivity contribution in [3.63, 3.8) is 0 Å². The molecule has 4 rings (SSSR count). The summed E-state index contributed by atoms with van der Waals surface area (Å²) in [7, 11) is 3.25. The molecule has 1 atom stereocenters. The minimum absolute atomic E-state index is 0.278. The average molecular weight is 465 g/mol. The molecule has 1 unspecified atom stereocenters. The minimum atomic E-state index is -0.278. The lowest BCUT2D eigenvalue weighted by Gasteiger charge is -2.37. The number of nitrogens with one attached hydrogen (secondary N) is 1. The standard InChI is InChI=1S/C25H28N4O3S/c1-5-6-14-29-16(2)21(24-27-23(28-32-24)17-10-8-7-9-11-17)22(26-25(29)33)18-12-13-19(30-3)20(15-18)31-4/h7-13,15,22H,5-6,14H2,1-4H3,(H,26,33). The van der Waals surface area contributed by atoms with Gasteiger partial charge in [0.15, 0.2) is 16.6 Å². The van der Waals surface area contributed by atoms with Crippen LogP contribution in [-0.2, 0) is 0 Å². The third kappa shape index (κ3) is 4.57. The van der Waals surface area contributed by atoms with Gasteiger partial charge in [-0.1, -0.05) is 54.9 Å². The summed E-state index contributed by atoms with van der Waals surface area (Å²) in [6.45, 7) is 5.03. The van der Waals surface area contributed by atoms with E-state index in [1.54, 1.807) is 14.2 Å². The third-order valence-corrected chi connectivity index (χ3v) is 6.10. The molecular weight excluding hydrogens is 436 g/mol. The van der Waals surface area contributed by atoms with Gasteiger partial charge in [0, 0.05) is 17.8 Å². The van der Waals surface area contributed by atoms with Crippen molar-refractivity contribution in [3.8, 4) is 22.9 Å². The summed E-state index contributed by atoms with van der Waals surface area (Å²) in [6, 6.07) is 15.3. The van der Waals surface area contributed by atoms with Gasteiger partial charge >= 0.3 is 0 Å². The second kappa shape index (κ2) is 10.0. The first kappa shape index (κ1) is 22.8. The van der Waals surface area contributed by atoms with Crippen LogP contribution in [0.4, 0.5) is 0 Å². The monoisotopic (exact) mass is 464 g/mol. The molecule has 0 spiro atoms. The maximum atomic E-state index is 5.79. The summed E-state index contributed by atoms with van der Waals surface area (Å²) in [4.78, 5) is 6.85. The Morgan fingerprint density at radius 3 is 2.55 bits per heavy atom. The zero-order valence-corrected chi connectivity index (χ0v) is 20.1. The highest BCUT2D eigenvalue weighted by Gasteiger charge is 2.34. The van der Waals surface area contributed by atoms with Crippen molar-refractivity contribution < 1.29 is 14.0 Å². The molecule has 2 heterocycles. The summed E-state index contributed by atoms with van der Waals surface area (Å²) in [5, 5.41) is 8.40. The number of ether oxygens (including phenoxy) is 2. The largest absolute Gasteiger partial charge is 0.493 e. The molecule has 1 aromatic heterocycles. The highest BCUT2D eigenvalue weighted by molar-refractivity contribution is 7.80. The van der Waals surface area contributed by atoms with E-state index in [0.717, 1.165) is 41.8 Å². The van der Waals surface area contributed by atoms with Gasteiger partial charge in [-0.2, -0.15) is 4.98 Å². The van der Waals surface area contributed by atoms with E-state index in [4.69, 9.17) is 31.2 Å².